The molecule has 82 valence electrons. The van der Waals surface area contributed by atoms with Crippen molar-refractivity contribution in [2.75, 3.05) is 0 Å². The number of aliphatic hydroxyl groups excluding tert-OH is 1. The molecular weight excluding hydrogens is 216 g/mol. The van der Waals surface area contributed by atoms with E-state index in [1.165, 1.54) is 4.57 Å². The van der Waals surface area contributed by atoms with Gasteiger partial charge in [0.25, 0.3) is 0 Å². The lowest BCUT2D eigenvalue weighted by Gasteiger charge is -2.05. The largest absolute Gasteiger partial charge is 0.388 e. The molecule has 15 heavy (non-hydrogen) atoms. The predicted octanol–water partition coefficient (Wildman–Crippen LogP) is -0.288. The van der Waals surface area contributed by atoms with E-state index in [9.17, 15) is 4.79 Å². The number of carbonyl (C=O) groups is 1. The van der Waals surface area contributed by atoms with Gasteiger partial charge in [-0.1, -0.05) is 0 Å². The summed E-state index contributed by atoms with van der Waals surface area (Å²) in [5, 5.41) is 18.1. The highest BCUT2D eigenvalue weighted by Gasteiger charge is 2.23. The van der Waals surface area contributed by atoms with Gasteiger partial charge in [0.05, 0.1) is 0 Å². The number of carbonyl (C=O) groups excluding carboxylic acids is 1. The van der Waals surface area contributed by atoms with Gasteiger partial charge in [0.1, 0.15) is 13.2 Å². The normalized spacial score (nSPS) is 15.3. The summed E-state index contributed by atoms with van der Waals surface area (Å²) in [5.74, 6) is 0.288. The third-order valence-corrected chi connectivity index (χ3v) is 2.53. The van der Waals surface area contributed by atoms with Crippen LogP contribution in [0.5, 0.6) is 0 Å². The van der Waals surface area contributed by atoms with Gasteiger partial charge in [-0.2, -0.15) is 5.10 Å². The maximum atomic E-state index is 11.5. The highest BCUT2D eigenvalue weighted by atomic mass is 32.1. The van der Waals surface area contributed by atoms with E-state index in [0.29, 0.717) is 16.6 Å². The van der Waals surface area contributed by atoms with Crippen LogP contribution in [0.2, 0.25) is 0 Å². The van der Waals surface area contributed by atoms with Crippen molar-refractivity contribution in [3.05, 3.63) is 10.6 Å². The summed E-state index contributed by atoms with van der Waals surface area (Å²) in [4.78, 5) is 11.5. The first-order valence-corrected chi connectivity index (χ1v) is 5.16. The van der Waals surface area contributed by atoms with E-state index in [0.717, 1.165) is 12.8 Å². The maximum Gasteiger partial charge on any atom is 0.240 e. The molecule has 1 aromatic rings. The molecule has 1 saturated carbocycles. The fraction of sp³-hybridized carbons (Fsp3) is 0.625. The lowest BCUT2D eigenvalue weighted by atomic mass is 10.5. The number of aromatic nitrogens is 3. The Balaban J connectivity index is 2.04. The molecule has 0 saturated heterocycles. The van der Waals surface area contributed by atoms with Crippen molar-refractivity contribution < 1.29 is 9.90 Å². The van der Waals surface area contributed by atoms with Gasteiger partial charge in [-0.05, 0) is 25.1 Å². The zero-order valence-corrected chi connectivity index (χ0v) is 8.88. The van der Waals surface area contributed by atoms with Gasteiger partial charge in [-0.25, -0.2) is 0 Å². The molecule has 3 N–H and O–H groups in total. The van der Waals surface area contributed by atoms with Gasteiger partial charge >= 0.3 is 0 Å². The Labute approximate surface area is 91.3 Å². The van der Waals surface area contributed by atoms with Crippen molar-refractivity contribution >= 4 is 18.1 Å². The number of aromatic amines is 1. The Bertz CT molecular complexity index is 421. The summed E-state index contributed by atoms with van der Waals surface area (Å²) in [6.45, 7) is -0.119. The molecule has 1 aliphatic carbocycles. The molecule has 2 rings (SSSR count). The second-order valence-corrected chi connectivity index (χ2v) is 3.92. The maximum absolute atomic E-state index is 11.5. The van der Waals surface area contributed by atoms with Crippen LogP contribution in [0.4, 0.5) is 0 Å². The standard InChI is InChI=1S/C8H12N4O2S/c13-4-6-10-11-8(15)12(6)3-7(14)9-5-1-2-5/h5,13H,1-4H2,(H,9,14)(H,11,15). The Kier molecular flexibility index (Phi) is 2.83. The van der Waals surface area contributed by atoms with E-state index in [-0.39, 0.29) is 19.1 Å². The van der Waals surface area contributed by atoms with Crippen molar-refractivity contribution in [1.82, 2.24) is 20.1 Å². The second-order valence-electron chi connectivity index (χ2n) is 3.53. The predicted molar refractivity (Wildman–Crippen MR) is 54.5 cm³/mol. The molecule has 7 heteroatoms. The Hall–Kier alpha value is -1.21. The minimum absolute atomic E-state index is 0.0929. The van der Waals surface area contributed by atoms with E-state index in [1.54, 1.807) is 0 Å². The molecule has 0 aliphatic heterocycles. The van der Waals surface area contributed by atoms with Crippen LogP contribution >= 0.6 is 12.2 Å². The molecule has 0 spiro atoms. The summed E-state index contributed by atoms with van der Waals surface area (Å²) in [6, 6.07) is 0.330. The Morgan fingerprint density at radius 2 is 2.47 bits per heavy atom. The number of hydrogen-bond donors (Lipinski definition) is 3. The number of rotatable bonds is 4. The van der Waals surface area contributed by atoms with Crippen LogP contribution in [-0.4, -0.2) is 31.8 Å². The molecular formula is C8H12N4O2S. The topological polar surface area (TPSA) is 82.9 Å². The molecule has 0 radical (unpaired) electrons. The third kappa shape index (κ3) is 2.42. The van der Waals surface area contributed by atoms with Gasteiger partial charge in [0.2, 0.25) is 5.91 Å². The molecule has 1 fully saturated rings. The van der Waals surface area contributed by atoms with Crippen LogP contribution in [0.1, 0.15) is 18.7 Å². The molecule has 1 aromatic heterocycles. The molecule has 0 bridgehead atoms. The summed E-state index contributed by atoms with van der Waals surface area (Å²) in [6.07, 6.45) is 2.10. The summed E-state index contributed by atoms with van der Waals surface area (Å²) in [7, 11) is 0. The monoisotopic (exact) mass is 228 g/mol. The highest BCUT2D eigenvalue weighted by Crippen LogP contribution is 2.18. The summed E-state index contributed by atoms with van der Waals surface area (Å²) < 4.78 is 1.84. The van der Waals surface area contributed by atoms with E-state index < -0.39 is 0 Å². The zero-order valence-electron chi connectivity index (χ0n) is 8.06. The van der Waals surface area contributed by atoms with E-state index >= 15 is 0 Å². The minimum Gasteiger partial charge on any atom is -0.388 e. The van der Waals surface area contributed by atoms with Gasteiger partial charge in [-0.3, -0.25) is 14.5 Å². The fourth-order valence-electron chi connectivity index (χ4n) is 1.28. The van der Waals surface area contributed by atoms with Crippen molar-refractivity contribution in [2.24, 2.45) is 0 Å². The smallest absolute Gasteiger partial charge is 0.240 e. The molecule has 0 atom stereocenters. The van der Waals surface area contributed by atoms with Crippen LogP contribution in [0, 0.1) is 4.77 Å². The van der Waals surface area contributed by atoms with Crippen molar-refractivity contribution in [1.29, 1.82) is 0 Å². The number of H-pyrrole nitrogens is 1. The fourth-order valence-corrected chi connectivity index (χ4v) is 1.49. The molecule has 0 aromatic carbocycles. The Morgan fingerprint density at radius 3 is 3.07 bits per heavy atom. The van der Waals surface area contributed by atoms with Crippen LogP contribution in [0.3, 0.4) is 0 Å². The van der Waals surface area contributed by atoms with Gasteiger partial charge in [0.15, 0.2) is 10.6 Å². The molecule has 1 aliphatic rings. The molecule has 6 nitrogen and oxygen atoms in total. The van der Waals surface area contributed by atoms with E-state index in [1.807, 2.05) is 0 Å². The first kappa shape index (κ1) is 10.3. The highest BCUT2D eigenvalue weighted by molar-refractivity contribution is 7.71. The summed E-state index contributed by atoms with van der Waals surface area (Å²) >= 11 is 4.94. The lowest BCUT2D eigenvalue weighted by molar-refractivity contribution is -0.121. The van der Waals surface area contributed by atoms with Gasteiger partial charge in [-0.15, -0.1) is 0 Å². The van der Waals surface area contributed by atoms with Crippen molar-refractivity contribution in [3.63, 3.8) is 0 Å². The van der Waals surface area contributed by atoms with Crippen molar-refractivity contribution in [2.45, 2.75) is 32.0 Å². The van der Waals surface area contributed by atoms with E-state index in [2.05, 4.69) is 15.5 Å². The first-order valence-electron chi connectivity index (χ1n) is 4.75. The van der Waals surface area contributed by atoms with Crippen molar-refractivity contribution in [3.8, 4) is 0 Å². The number of nitrogens with one attached hydrogen (secondary N) is 2. The number of amides is 1. The van der Waals surface area contributed by atoms with Gasteiger partial charge in [0, 0.05) is 6.04 Å². The molecule has 0 unspecified atom stereocenters. The van der Waals surface area contributed by atoms with E-state index in [4.69, 9.17) is 17.3 Å². The Morgan fingerprint density at radius 1 is 1.73 bits per heavy atom. The third-order valence-electron chi connectivity index (χ3n) is 2.22. The second kappa shape index (κ2) is 4.11. The SMILES string of the molecule is O=C(Cn1c(CO)n[nH]c1=S)NC1CC1. The number of nitrogens with zero attached hydrogens (tertiary/aromatic N) is 2. The number of aliphatic hydroxyl groups is 1. The quantitative estimate of drug-likeness (QED) is 0.618. The number of hydrogen-bond acceptors (Lipinski definition) is 4. The van der Waals surface area contributed by atoms with Crippen LogP contribution in [-0.2, 0) is 17.9 Å². The minimum atomic E-state index is -0.232. The lowest BCUT2D eigenvalue weighted by Crippen LogP contribution is -2.29. The molecule has 1 amide bonds. The first-order chi connectivity index (χ1) is 7.20. The summed E-state index contributed by atoms with van der Waals surface area (Å²) in [5.41, 5.74) is 0. The van der Waals surface area contributed by atoms with Gasteiger partial charge < -0.3 is 10.4 Å². The average molecular weight is 228 g/mol. The zero-order chi connectivity index (χ0) is 10.8. The van der Waals surface area contributed by atoms with Crippen LogP contribution in [0.15, 0.2) is 0 Å². The molecule has 1 heterocycles. The van der Waals surface area contributed by atoms with Crippen LogP contribution in [0.25, 0.3) is 0 Å². The average Bonchev–Trinajstić information content (AvgIpc) is 2.94. The van der Waals surface area contributed by atoms with Crippen LogP contribution < -0.4 is 5.32 Å².